The minimum absolute atomic E-state index is 0.0828. The Labute approximate surface area is 121 Å². The Balaban J connectivity index is 1.69. The van der Waals surface area contributed by atoms with E-state index in [1.54, 1.807) is 17.8 Å². The molecule has 0 amide bonds. The minimum atomic E-state index is -0.249. The molecule has 2 heterocycles. The lowest BCUT2D eigenvalue weighted by Gasteiger charge is -2.37. The van der Waals surface area contributed by atoms with E-state index in [2.05, 4.69) is 0 Å². The zero-order chi connectivity index (χ0) is 13.3. The molecule has 0 radical (unpaired) electrons. The van der Waals surface area contributed by atoms with Gasteiger partial charge in [0.1, 0.15) is 5.82 Å². The highest BCUT2D eigenvalue weighted by Crippen LogP contribution is 2.43. The highest BCUT2D eigenvalue weighted by Gasteiger charge is 2.40. The van der Waals surface area contributed by atoms with Crippen molar-refractivity contribution >= 4 is 29.2 Å². The number of anilines is 1. The Morgan fingerprint density at radius 2 is 2.32 bits per heavy atom. The summed E-state index contributed by atoms with van der Waals surface area (Å²) in [5, 5.41) is 0.508. The van der Waals surface area contributed by atoms with Gasteiger partial charge >= 0.3 is 0 Å². The smallest absolute Gasteiger partial charge is 0.126 e. The van der Waals surface area contributed by atoms with Crippen LogP contribution in [0.5, 0.6) is 0 Å². The van der Waals surface area contributed by atoms with Crippen molar-refractivity contribution in [3.63, 3.8) is 0 Å². The molecule has 3 rings (SSSR count). The molecule has 1 spiro atoms. The number of ether oxygens (including phenoxy) is 1. The Morgan fingerprint density at radius 1 is 1.42 bits per heavy atom. The predicted octanol–water partition coefficient (Wildman–Crippen LogP) is 3.55. The molecule has 2 nitrogen and oxygen atoms in total. The maximum atomic E-state index is 13.4. The van der Waals surface area contributed by atoms with Crippen LogP contribution in [-0.4, -0.2) is 29.0 Å². The van der Waals surface area contributed by atoms with Crippen molar-refractivity contribution < 1.29 is 9.13 Å². The SMILES string of the molecule is Nc1cc(F)cc(SC2CCOC3(CCSC3)C2)c1. The lowest BCUT2D eigenvalue weighted by Crippen LogP contribution is -2.40. The van der Waals surface area contributed by atoms with Crippen LogP contribution < -0.4 is 5.73 Å². The maximum Gasteiger partial charge on any atom is 0.126 e. The highest BCUT2D eigenvalue weighted by molar-refractivity contribution is 8.00. The van der Waals surface area contributed by atoms with Crippen molar-refractivity contribution in [2.45, 2.75) is 35.0 Å². The van der Waals surface area contributed by atoms with E-state index in [4.69, 9.17) is 10.5 Å². The van der Waals surface area contributed by atoms with Crippen molar-refractivity contribution in [2.24, 2.45) is 0 Å². The first-order chi connectivity index (χ1) is 9.15. The Bertz CT molecular complexity index is 443. The molecule has 104 valence electrons. The number of hydrogen-bond acceptors (Lipinski definition) is 4. The first kappa shape index (κ1) is 13.6. The van der Waals surface area contributed by atoms with Crippen LogP contribution >= 0.6 is 23.5 Å². The minimum Gasteiger partial charge on any atom is -0.399 e. The second-order valence-corrected chi connectivity index (χ2v) is 7.77. The number of thioether (sulfide) groups is 2. The van der Waals surface area contributed by atoms with Gasteiger partial charge in [-0.05, 0) is 43.2 Å². The van der Waals surface area contributed by atoms with E-state index in [-0.39, 0.29) is 11.4 Å². The van der Waals surface area contributed by atoms with Crippen LogP contribution in [0, 0.1) is 5.82 Å². The monoisotopic (exact) mass is 299 g/mol. The number of nitrogens with two attached hydrogens (primary N) is 1. The van der Waals surface area contributed by atoms with Crippen molar-refractivity contribution in [1.82, 2.24) is 0 Å². The van der Waals surface area contributed by atoms with Gasteiger partial charge in [0.25, 0.3) is 0 Å². The lowest BCUT2D eigenvalue weighted by molar-refractivity contribution is -0.0562. The molecule has 5 heteroatoms. The normalized spacial score (nSPS) is 30.9. The van der Waals surface area contributed by atoms with Crippen LogP contribution in [0.15, 0.2) is 23.1 Å². The molecule has 0 saturated carbocycles. The number of rotatable bonds is 2. The van der Waals surface area contributed by atoms with Gasteiger partial charge in [-0.2, -0.15) is 11.8 Å². The molecule has 0 aromatic heterocycles. The van der Waals surface area contributed by atoms with Crippen molar-refractivity contribution in [3.8, 4) is 0 Å². The molecule has 2 unspecified atom stereocenters. The van der Waals surface area contributed by atoms with Gasteiger partial charge in [0.05, 0.1) is 5.60 Å². The molecular weight excluding hydrogens is 281 g/mol. The molecule has 2 fully saturated rings. The molecule has 1 aromatic carbocycles. The molecule has 2 N–H and O–H groups in total. The van der Waals surface area contributed by atoms with Crippen LogP contribution in [0.1, 0.15) is 19.3 Å². The fourth-order valence-corrected chi connectivity index (χ4v) is 5.54. The van der Waals surface area contributed by atoms with E-state index in [0.717, 1.165) is 36.5 Å². The van der Waals surface area contributed by atoms with Crippen LogP contribution in [0.2, 0.25) is 0 Å². The Hall–Kier alpha value is -0.390. The number of halogens is 1. The van der Waals surface area contributed by atoms with Gasteiger partial charge in [-0.25, -0.2) is 4.39 Å². The summed E-state index contributed by atoms with van der Waals surface area (Å²) in [6.07, 6.45) is 3.26. The van der Waals surface area contributed by atoms with Gasteiger partial charge in [0.15, 0.2) is 0 Å². The maximum absolute atomic E-state index is 13.4. The van der Waals surface area contributed by atoms with Crippen molar-refractivity contribution in [3.05, 3.63) is 24.0 Å². The number of nitrogen functional groups attached to an aromatic ring is 1. The fraction of sp³-hybridized carbons (Fsp3) is 0.571. The summed E-state index contributed by atoms with van der Waals surface area (Å²) < 4.78 is 19.4. The van der Waals surface area contributed by atoms with Crippen LogP contribution in [0.4, 0.5) is 10.1 Å². The van der Waals surface area contributed by atoms with E-state index in [0.29, 0.717) is 10.9 Å². The zero-order valence-corrected chi connectivity index (χ0v) is 12.4. The Kier molecular flexibility index (Phi) is 3.96. The van der Waals surface area contributed by atoms with Crippen LogP contribution in [0.3, 0.4) is 0 Å². The van der Waals surface area contributed by atoms with Gasteiger partial charge in [-0.3, -0.25) is 0 Å². The van der Waals surface area contributed by atoms with Gasteiger partial charge in [-0.1, -0.05) is 0 Å². The number of hydrogen-bond donors (Lipinski definition) is 1. The van der Waals surface area contributed by atoms with E-state index in [1.807, 2.05) is 17.8 Å². The third kappa shape index (κ3) is 3.20. The summed E-state index contributed by atoms with van der Waals surface area (Å²) in [4.78, 5) is 0.935. The summed E-state index contributed by atoms with van der Waals surface area (Å²) in [5.74, 6) is 2.06. The van der Waals surface area contributed by atoms with Gasteiger partial charge in [-0.15, -0.1) is 11.8 Å². The van der Waals surface area contributed by atoms with Crippen molar-refractivity contribution in [2.75, 3.05) is 23.8 Å². The quantitative estimate of drug-likeness (QED) is 0.847. The summed E-state index contributed by atoms with van der Waals surface area (Å²) in [5.41, 5.74) is 6.28. The Morgan fingerprint density at radius 3 is 3.05 bits per heavy atom. The van der Waals surface area contributed by atoms with E-state index >= 15 is 0 Å². The molecular formula is C14H18FNOS2. The van der Waals surface area contributed by atoms with E-state index in [1.165, 1.54) is 11.8 Å². The summed E-state index contributed by atoms with van der Waals surface area (Å²) >= 11 is 3.72. The highest BCUT2D eigenvalue weighted by atomic mass is 32.2. The molecule has 1 aromatic rings. The zero-order valence-electron chi connectivity index (χ0n) is 10.7. The summed E-state index contributed by atoms with van der Waals surface area (Å²) in [7, 11) is 0. The van der Waals surface area contributed by atoms with Gasteiger partial charge in [0.2, 0.25) is 0 Å². The fourth-order valence-electron chi connectivity index (χ4n) is 2.79. The third-order valence-electron chi connectivity index (χ3n) is 3.71. The van der Waals surface area contributed by atoms with E-state index in [9.17, 15) is 4.39 Å². The molecule has 2 saturated heterocycles. The second-order valence-electron chi connectivity index (χ2n) is 5.29. The first-order valence-corrected chi connectivity index (χ1v) is 8.63. The van der Waals surface area contributed by atoms with Crippen LogP contribution in [0.25, 0.3) is 0 Å². The average molecular weight is 299 g/mol. The molecule has 0 bridgehead atoms. The second kappa shape index (κ2) is 5.54. The summed E-state index contributed by atoms with van der Waals surface area (Å²) in [6, 6.07) is 4.80. The topological polar surface area (TPSA) is 35.2 Å². The average Bonchev–Trinajstić information content (AvgIpc) is 2.76. The summed E-state index contributed by atoms with van der Waals surface area (Å²) in [6.45, 7) is 0.822. The predicted molar refractivity (Wildman–Crippen MR) is 80.3 cm³/mol. The third-order valence-corrected chi connectivity index (χ3v) is 6.18. The van der Waals surface area contributed by atoms with Crippen molar-refractivity contribution in [1.29, 1.82) is 0 Å². The molecule has 2 atom stereocenters. The largest absolute Gasteiger partial charge is 0.399 e. The molecule has 19 heavy (non-hydrogen) atoms. The van der Waals surface area contributed by atoms with Crippen LogP contribution in [-0.2, 0) is 4.74 Å². The van der Waals surface area contributed by atoms with Gasteiger partial charge in [0, 0.05) is 28.2 Å². The lowest BCUT2D eigenvalue weighted by atomic mass is 9.93. The molecule has 2 aliphatic heterocycles. The van der Waals surface area contributed by atoms with Gasteiger partial charge < -0.3 is 10.5 Å². The first-order valence-electron chi connectivity index (χ1n) is 6.60. The van der Waals surface area contributed by atoms with E-state index < -0.39 is 0 Å². The molecule has 2 aliphatic rings. The standard InChI is InChI=1S/C14H18FNOS2/c15-10-5-11(16)7-13(6-10)19-12-1-3-17-14(8-12)2-4-18-9-14/h5-7,12H,1-4,8-9,16H2. The molecule has 0 aliphatic carbocycles. The number of benzene rings is 1.